The van der Waals surface area contributed by atoms with Gasteiger partial charge in [-0.15, -0.1) is 0 Å². The molecule has 3 rings (SSSR count). The maximum Gasteiger partial charge on any atom is 0.255 e. The number of aliphatic hydroxyl groups excluding tert-OH is 1. The number of nitrogens with one attached hydrogen (secondary N) is 1. The molecule has 2 atom stereocenters. The van der Waals surface area contributed by atoms with Crippen LogP contribution in [0.2, 0.25) is 0 Å². The van der Waals surface area contributed by atoms with Crippen molar-refractivity contribution < 1.29 is 19.1 Å². The SMILES string of the molecule is CC(C)(C)c1cc2c(cc1F)CN(C1CCC(O)NC1=O)C2=O. The van der Waals surface area contributed by atoms with Gasteiger partial charge in [-0.05, 0) is 41.5 Å². The van der Waals surface area contributed by atoms with E-state index < -0.39 is 17.7 Å². The highest BCUT2D eigenvalue weighted by Gasteiger charge is 2.40. The van der Waals surface area contributed by atoms with Crippen molar-refractivity contribution in [1.29, 1.82) is 0 Å². The van der Waals surface area contributed by atoms with E-state index in [1.54, 1.807) is 6.07 Å². The van der Waals surface area contributed by atoms with Gasteiger partial charge in [0.25, 0.3) is 5.91 Å². The van der Waals surface area contributed by atoms with Gasteiger partial charge in [-0.1, -0.05) is 20.8 Å². The lowest BCUT2D eigenvalue weighted by Gasteiger charge is -2.32. The number of hydrogen-bond acceptors (Lipinski definition) is 3. The largest absolute Gasteiger partial charge is 0.374 e. The summed E-state index contributed by atoms with van der Waals surface area (Å²) < 4.78 is 14.3. The molecule has 1 fully saturated rings. The van der Waals surface area contributed by atoms with E-state index in [1.807, 2.05) is 20.8 Å². The van der Waals surface area contributed by atoms with Crippen molar-refractivity contribution in [3.63, 3.8) is 0 Å². The fourth-order valence-corrected chi connectivity index (χ4v) is 3.26. The third-order valence-electron chi connectivity index (χ3n) is 4.53. The topological polar surface area (TPSA) is 69.6 Å². The molecule has 2 N–H and O–H groups in total. The number of rotatable bonds is 1. The molecule has 2 unspecified atom stereocenters. The number of aliphatic hydroxyl groups is 1. The molecule has 1 saturated heterocycles. The van der Waals surface area contributed by atoms with Crippen molar-refractivity contribution in [1.82, 2.24) is 10.2 Å². The van der Waals surface area contributed by atoms with Gasteiger partial charge < -0.3 is 15.3 Å². The molecule has 0 bridgehead atoms. The molecule has 0 spiro atoms. The lowest BCUT2D eigenvalue weighted by atomic mass is 9.85. The van der Waals surface area contributed by atoms with Crippen LogP contribution in [-0.2, 0) is 16.8 Å². The van der Waals surface area contributed by atoms with E-state index in [-0.39, 0.29) is 24.2 Å². The maximum absolute atomic E-state index is 14.3. The van der Waals surface area contributed by atoms with Crippen LogP contribution < -0.4 is 5.32 Å². The summed E-state index contributed by atoms with van der Waals surface area (Å²) in [5.41, 5.74) is 1.17. The molecule has 2 aliphatic rings. The molecular formula is C17H21FN2O3. The Morgan fingerprint density at radius 3 is 2.57 bits per heavy atom. The number of halogens is 1. The molecule has 124 valence electrons. The number of piperidine rings is 1. The molecule has 0 saturated carbocycles. The second-order valence-corrected chi connectivity index (χ2v) is 7.29. The molecule has 6 heteroatoms. The van der Waals surface area contributed by atoms with Crippen LogP contribution in [-0.4, -0.2) is 34.1 Å². The Morgan fingerprint density at radius 1 is 1.26 bits per heavy atom. The Bertz CT molecular complexity index is 681. The molecule has 2 amide bonds. The van der Waals surface area contributed by atoms with Crippen LogP contribution in [0.25, 0.3) is 0 Å². The van der Waals surface area contributed by atoms with Crippen molar-refractivity contribution in [2.24, 2.45) is 0 Å². The highest BCUT2D eigenvalue weighted by atomic mass is 19.1. The molecule has 5 nitrogen and oxygen atoms in total. The maximum atomic E-state index is 14.3. The predicted octanol–water partition coefficient (Wildman–Crippen LogP) is 1.68. The van der Waals surface area contributed by atoms with Crippen molar-refractivity contribution in [3.8, 4) is 0 Å². The van der Waals surface area contributed by atoms with Gasteiger partial charge in [-0.2, -0.15) is 0 Å². The third kappa shape index (κ3) is 2.72. The minimum Gasteiger partial charge on any atom is -0.374 e. The lowest BCUT2D eigenvalue weighted by Crippen LogP contribution is -2.54. The fourth-order valence-electron chi connectivity index (χ4n) is 3.26. The summed E-state index contributed by atoms with van der Waals surface area (Å²) in [4.78, 5) is 26.2. The van der Waals surface area contributed by atoms with Gasteiger partial charge in [0.2, 0.25) is 5.91 Å². The quantitative estimate of drug-likeness (QED) is 0.827. The minimum atomic E-state index is -0.858. The zero-order chi connectivity index (χ0) is 16.9. The first-order chi connectivity index (χ1) is 10.7. The molecule has 0 radical (unpaired) electrons. The normalized spacial score (nSPS) is 24.7. The Hall–Kier alpha value is -1.95. The van der Waals surface area contributed by atoms with Gasteiger partial charge in [0.1, 0.15) is 18.1 Å². The second kappa shape index (κ2) is 5.30. The Morgan fingerprint density at radius 2 is 1.96 bits per heavy atom. The van der Waals surface area contributed by atoms with E-state index in [2.05, 4.69) is 5.32 Å². The number of benzene rings is 1. The first-order valence-corrected chi connectivity index (χ1v) is 7.81. The summed E-state index contributed by atoms with van der Waals surface area (Å²) in [5, 5.41) is 11.9. The van der Waals surface area contributed by atoms with Crippen molar-refractivity contribution in [2.45, 2.75) is 57.8 Å². The van der Waals surface area contributed by atoms with E-state index in [9.17, 15) is 19.1 Å². The van der Waals surface area contributed by atoms with Gasteiger partial charge in [0, 0.05) is 12.1 Å². The minimum absolute atomic E-state index is 0.226. The summed E-state index contributed by atoms with van der Waals surface area (Å²) >= 11 is 0. The predicted molar refractivity (Wildman–Crippen MR) is 82.1 cm³/mol. The van der Waals surface area contributed by atoms with Gasteiger partial charge in [-0.25, -0.2) is 4.39 Å². The standard InChI is InChI=1S/C17H21FN2O3/c1-17(2,3)11-7-10-9(6-12(11)18)8-20(16(10)23)13-4-5-14(21)19-15(13)22/h6-7,13-14,21H,4-5,8H2,1-3H3,(H,19,22). The van der Waals surface area contributed by atoms with E-state index in [4.69, 9.17) is 0 Å². The molecule has 2 aliphatic heterocycles. The average molecular weight is 320 g/mol. The van der Waals surface area contributed by atoms with Crippen LogP contribution in [0.4, 0.5) is 4.39 Å². The molecule has 23 heavy (non-hydrogen) atoms. The van der Waals surface area contributed by atoms with Crippen LogP contribution in [0.1, 0.15) is 55.1 Å². The zero-order valence-corrected chi connectivity index (χ0v) is 13.5. The van der Waals surface area contributed by atoms with Crippen molar-refractivity contribution in [2.75, 3.05) is 0 Å². The van der Waals surface area contributed by atoms with E-state index in [0.717, 1.165) is 0 Å². The number of nitrogens with zero attached hydrogens (tertiary/aromatic N) is 1. The summed E-state index contributed by atoms with van der Waals surface area (Å²) in [5.74, 6) is -0.933. The Kier molecular flexibility index (Phi) is 3.67. The van der Waals surface area contributed by atoms with Gasteiger partial charge in [0.05, 0.1) is 0 Å². The number of amides is 2. The smallest absolute Gasteiger partial charge is 0.255 e. The van der Waals surface area contributed by atoms with Gasteiger partial charge in [-0.3, -0.25) is 9.59 Å². The summed E-state index contributed by atoms with van der Waals surface area (Å²) in [6.07, 6.45) is -0.0526. The molecule has 0 aliphatic carbocycles. The Labute approximate surface area is 134 Å². The number of carbonyl (C=O) groups excluding carboxylic acids is 2. The number of carbonyl (C=O) groups is 2. The molecule has 2 heterocycles. The van der Waals surface area contributed by atoms with E-state index in [1.165, 1.54) is 11.0 Å². The monoisotopic (exact) mass is 320 g/mol. The summed E-state index contributed by atoms with van der Waals surface area (Å²) in [7, 11) is 0. The fraction of sp³-hybridized carbons (Fsp3) is 0.529. The molecular weight excluding hydrogens is 299 g/mol. The molecule has 1 aromatic carbocycles. The average Bonchev–Trinajstić information content (AvgIpc) is 2.73. The van der Waals surface area contributed by atoms with Crippen LogP contribution >= 0.6 is 0 Å². The van der Waals surface area contributed by atoms with Crippen molar-refractivity contribution in [3.05, 3.63) is 34.6 Å². The molecule has 1 aromatic rings. The van der Waals surface area contributed by atoms with Gasteiger partial charge in [0.15, 0.2) is 0 Å². The number of fused-ring (bicyclic) bond motifs is 1. The van der Waals surface area contributed by atoms with Crippen LogP contribution in [0.5, 0.6) is 0 Å². The van der Waals surface area contributed by atoms with E-state index >= 15 is 0 Å². The zero-order valence-electron chi connectivity index (χ0n) is 13.5. The van der Waals surface area contributed by atoms with Crippen LogP contribution in [0.3, 0.4) is 0 Å². The van der Waals surface area contributed by atoms with Crippen LogP contribution in [0, 0.1) is 5.82 Å². The highest BCUT2D eigenvalue weighted by Crippen LogP contribution is 2.33. The first kappa shape index (κ1) is 15.9. The van der Waals surface area contributed by atoms with Crippen LogP contribution in [0.15, 0.2) is 12.1 Å². The van der Waals surface area contributed by atoms with Gasteiger partial charge >= 0.3 is 0 Å². The van der Waals surface area contributed by atoms with E-state index in [0.29, 0.717) is 29.5 Å². The molecule has 0 aromatic heterocycles. The summed E-state index contributed by atoms with van der Waals surface area (Å²) in [6.45, 7) is 5.91. The Balaban J connectivity index is 1.92. The first-order valence-electron chi connectivity index (χ1n) is 7.81. The second-order valence-electron chi connectivity index (χ2n) is 7.29. The lowest BCUT2D eigenvalue weighted by molar-refractivity contribution is -0.132. The highest BCUT2D eigenvalue weighted by molar-refractivity contribution is 6.01. The number of hydrogen-bond donors (Lipinski definition) is 2. The third-order valence-corrected chi connectivity index (χ3v) is 4.53. The summed E-state index contributed by atoms with van der Waals surface area (Å²) in [6, 6.07) is 2.41. The van der Waals surface area contributed by atoms with Crippen molar-refractivity contribution >= 4 is 11.8 Å².